The van der Waals surface area contributed by atoms with Gasteiger partial charge in [-0.2, -0.15) is 10.5 Å². The number of hydrogen-bond donors (Lipinski definition) is 1. The highest BCUT2D eigenvalue weighted by Crippen LogP contribution is 2.35. The summed E-state index contributed by atoms with van der Waals surface area (Å²) < 4.78 is 1.42. The molecule has 0 bridgehead atoms. The lowest BCUT2D eigenvalue weighted by Crippen LogP contribution is -2.35. The third-order valence-corrected chi connectivity index (χ3v) is 4.71. The Morgan fingerprint density at radius 1 is 1.24 bits per heavy atom. The lowest BCUT2D eigenvalue weighted by molar-refractivity contribution is -0.122. The molecule has 1 saturated carbocycles. The first-order valence-corrected chi connectivity index (χ1v) is 8.42. The highest BCUT2D eigenvalue weighted by Gasteiger charge is 2.27. The van der Waals surface area contributed by atoms with Crippen molar-refractivity contribution in [2.24, 2.45) is 5.92 Å². The minimum atomic E-state index is -0.181. The number of aromatic nitrogens is 2. The Hall–Kier alpha value is -3.12. The van der Waals surface area contributed by atoms with Crippen LogP contribution >= 0.6 is 0 Å². The molecule has 1 aromatic carbocycles. The fourth-order valence-corrected chi connectivity index (χ4v) is 3.50. The molecule has 1 N–H and O–H groups in total. The normalized spacial score (nSPS) is 15.3. The van der Waals surface area contributed by atoms with Gasteiger partial charge in [-0.1, -0.05) is 43.2 Å². The number of nitrogens with one attached hydrogen (secondary N) is 1. The van der Waals surface area contributed by atoms with Gasteiger partial charge in [-0.3, -0.25) is 4.79 Å². The summed E-state index contributed by atoms with van der Waals surface area (Å²) in [6.45, 7) is -0.0202. The Morgan fingerprint density at radius 2 is 1.96 bits per heavy atom. The van der Waals surface area contributed by atoms with E-state index in [0.717, 1.165) is 18.4 Å². The average molecular weight is 333 g/mol. The molecule has 1 atom stereocenters. The van der Waals surface area contributed by atoms with Crippen LogP contribution in [0.1, 0.15) is 48.7 Å². The van der Waals surface area contributed by atoms with Gasteiger partial charge < -0.3 is 9.88 Å². The van der Waals surface area contributed by atoms with Gasteiger partial charge in [0.2, 0.25) is 5.91 Å². The maximum absolute atomic E-state index is 12.6. The zero-order valence-electron chi connectivity index (χ0n) is 13.9. The second kappa shape index (κ2) is 7.63. The molecule has 126 valence electrons. The van der Waals surface area contributed by atoms with Gasteiger partial charge in [-0.15, -0.1) is 0 Å². The number of carbonyl (C=O) groups is 1. The van der Waals surface area contributed by atoms with Gasteiger partial charge in [0.25, 0.3) is 0 Å². The van der Waals surface area contributed by atoms with Crippen LogP contribution in [-0.2, 0) is 11.3 Å². The Labute approximate surface area is 146 Å². The van der Waals surface area contributed by atoms with E-state index in [4.69, 9.17) is 5.26 Å². The maximum atomic E-state index is 12.6. The van der Waals surface area contributed by atoms with Crippen LogP contribution in [0.2, 0.25) is 0 Å². The van der Waals surface area contributed by atoms with E-state index >= 15 is 0 Å². The van der Waals surface area contributed by atoms with Gasteiger partial charge >= 0.3 is 0 Å². The summed E-state index contributed by atoms with van der Waals surface area (Å²) in [5.74, 6) is 0.249. The van der Waals surface area contributed by atoms with Crippen LogP contribution in [0.4, 0.5) is 0 Å². The Bertz CT molecular complexity index is 822. The van der Waals surface area contributed by atoms with Crippen molar-refractivity contribution in [1.29, 1.82) is 10.5 Å². The quantitative estimate of drug-likeness (QED) is 0.910. The fraction of sp³-hybridized carbons (Fsp3) is 0.368. The zero-order chi connectivity index (χ0) is 17.6. The van der Waals surface area contributed by atoms with Gasteiger partial charge in [0.1, 0.15) is 18.7 Å². The van der Waals surface area contributed by atoms with Crippen LogP contribution in [-0.4, -0.2) is 15.5 Å². The van der Waals surface area contributed by atoms with Crippen molar-refractivity contribution >= 4 is 5.91 Å². The summed E-state index contributed by atoms with van der Waals surface area (Å²) in [7, 11) is 0. The molecular weight excluding hydrogens is 314 g/mol. The molecule has 1 fully saturated rings. The molecule has 6 nitrogen and oxygen atoms in total. The lowest BCUT2D eigenvalue weighted by Gasteiger charge is -2.25. The summed E-state index contributed by atoms with van der Waals surface area (Å²) in [6, 6.07) is 13.8. The summed E-state index contributed by atoms with van der Waals surface area (Å²) >= 11 is 0. The van der Waals surface area contributed by atoms with Gasteiger partial charge in [-0.05, 0) is 24.3 Å². The highest BCUT2D eigenvalue weighted by atomic mass is 16.2. The molecule has 1 aromatic heterocycles. The van der Waals surface area contributed by atoms with Crippen molar-refractivity contribution < 1.29 is 4.79 Å². The number of imidazole rings is 1. The van der Waals surface area contributed by atoms with E-state index in [0.29, 0.717) is 5.92 Å². The molecule has 0 radical (unpaired) electrons. The monoisotopic (exact) mass is 333 g/mol. The van der Waals surface area contributed by atoms with E-state index in [2.05, 4.69) is 10.3 Å². The third kappa shape index (κ3) is 3.70. The van der Waals surface area contributed by atoms with Crippen LogP contribution in [0.15, 0.2) is 36.7 Å². The number of benzene rings is 1. The first-order valence-electron chi connectivity index (χ1n) is 8.42. The van der Waals surface area contributed by atoms with Crippen LogP contribution in [0.3, 0.4) is 0 Å². The fourth-order valence-electron chi connectivity index (χ4n) is 3.50. The molecule has 1 aliphatic rings. The number of rotatable bonds is 5. The predicted molar refractivity (Wildman–Crippen MR) is 90.9 cm³/mol. The molecule has 1 amide bonds. The van der Waals surface area contributed by atoms with Gasteiger partial charge in [0.05, 0.1) is 12.4 Å². The Balaban J connectivity index is 1.76. The SMILES string of the molecule is N#Cc1ncn(CC(=O)N[C@H](c2ccccc2)C2CCCC2)c1C#N. The molecule has 6 heteroatoms. The molecule has 25 heavy (non-hydrogen) atoms. The number of nitriles is 2. The van der Waals surface area contributed by atoms with Crippen LogP contribution < -0.4 is 5.32 Å². The Kier molecular flexibility index (Phi) is 5.11. The van der Waals surface area contributed by atoms with E-state index in [1.54, 1.807) is 0 Å². The average Bonchev–Trinajstić information content (AvgIpc) is 3.29. The molecule has 1 heterocycles. The number of amides is 1. The minimum Gasteiger partial charge on any atom is -0.347 e. The van der Waals surface area contributed by atoms with Crippen molar-refractivity contribution in [3.05, 3.63) is 53.6 Å². The Morgan fingerprint density at radius 3 is 2.60 bits per heavy atom. The summed E-state index contributed by atoms with van der Waals surface area (Å²) in [5.41, 5.74) is 1.27. The molecule has 1 aliphatic carbocycles. The second-order valence-corrected chi connectivity index (χ2v) is 6.29. The van der Waals surface area contributed by atoms with E-state index in [9.17, 15) is 10.1 Å². The van der Waals surface area contributed by atoms with Crippen LogP contribution in [0.5, 0.6) is 0 Å². The molecule has 0 unspecified atom stereocenters. The summed E-state index contributed by atoms with van der Waals surface area (Å²) in [4.78, 5) is 16.4. The first-order chi connectivity index (χ1) is 12.2. The number of nitrogens with zero attached hydrogens (tertiary/aromatic N) is 4. The first kappa shape index (κ1) is 16.7. The lowest BCUT2D eigenvalue weighted by atomic mass is 9.91. The van der Waals surface area contributed by atoms with Crippen molar-refractivity contribution in [2.75, 3.05) is 0 Å². The van der Waals surface area contributed by atoms with Crippen molar-refractivity contribution in [3.8, 4) is 12.1 Å². The minimum absolute atomic E-state index is 0.0202. The molecular formula is C19H19N5O. The zero-order valence-corrected chi connectivity index (χ0v) is 13.9. The van der Waals surface area contributed by atoms with Crippen LogP contribution in [0, 0.1) is 28.6 Å². The molecule has 0 aliphatic heterocycles. The topological polar surface area (TPSA) is 94.5 Å². The van der Waals surface area contributed by atoms with Gasteiger partial charge in [-0.25, -0.2) is 4.98 Å². The van der Waals surface area contributed by atoms with E-state index < -0.39 is 0 Å². The largest absolute Gasteiger partial charge is 0.347 e. The molecule has 2 aromatic rings. The number of carbonyl (C=O) groups excluding carboxylic acids is 1. The highest BCUT2D eigenvalue weighted by molar-refractivity contribution is 5.76. The van der Waals surface area contributed by atoms with Crippen molar-refractivity contribution in [3.63, 3.8) is 0 Å². The van der Waals surface area contributed by atoms with Crippen molar-refractivity contribution in [1.82, 2.24) is 14.9 Å². The summed E-state index contributed by atoms with van der Waals surface area (Å²) in [5, 5.41) is 21.3. The molecule has 3 rings (SSSR count). The third-order valence-electron chi connectivity index (χ3n) is 4.71. The van der Waals surface area contributed by atoms with Gasteiger partial charge in [0.15, 0.2) is 11.4 Å². The van der Waals surface area contributed by atoms with E-state index in [1.807, 2.05) is 42.5 Å². The predicted octanol–water partition coefficient (Wildman–Crippen LogP) is 2.67. The van der Waals surface area contributed by atoms with E-state index in [1.165, 1.54) is 23.7 Å². The van der Waals surface area contributed by atoms with Crippen LogP contribution in [0.25, 0.3) is 0 Å². The molecule has 0 spiro atoms. The molecule has 0 saturated heterocycles. The van der Waals surface area contributed by atoms with E-state index in [-0.39, 0.29) is 29.9 Å². The maximum Gasteiger partial charge on any atom is 0.240 e. The number of hydrogen-bond acceptors (Lipinski definition) is 4. The second-order valence-electron chi connectivity index (χ2n) is 6.29. The van der Waals surface area contributed by atoms with Crippen molar-refractivity contribution in [2.45, 2.75) is 38.3 Å². The standard InChI is InChI=1S/C19H19N5O/c20-10-16-17(11-21)24(13-22-16)12-18(25)23-19(15-8-4-5-9-15)14-6-2-1-3-7-14/h1-3,6-7,13,15,19H,4-5,8-9,12H2,(H,23,25)/t19-/m1/s1. The van der Waals surface area contributed by atoms with Gasteiger partial charge in [0, 0.05) is 0 Å². The smallest absolute Gasteiger partial charge is 0.240 e. The summed E-state index contributed by atoms with van der Waals surface area (Å²) in [6.07, 6.45) is 5.95.